The van der Waals surface area contributed by atoms with Crippen LogP contribution < -0.4 is 11.1 Å². The first kappa shape index (κ1) is 18.1. The second-order valence-corrected chi connectivity index (χ2v) is 7.19. The number of pyridine rings is 1. The highest BCUT2D eigenvalue weighted by atomic mass is 32.2. The van der Waals surface area contributed by atoms with E-state index in [1.807, 2.05) is 42.6 Å². The van der Waals surface area contributed by atoms with E-state index in [9.17, 15) is 9.59 Å². The summed E-state index contributed by atoms with van der Waals surface area (Å²) < 4.78 is 6.47. The van der Waals surface area contributed by atoms with Gasteiger partial charge in [0.15, 0.2) is 5.58 Å². The number of hydrogen-bond donors (Lipinski definition) is 1. The molecule has 0 saturated carbocycles. The van der Waals surface area contributed by atoms with Crippen molar-refractivity contribution < 1.29 is 9.21 Å². The lowest BCUT2D eigenvalue weighted by Gasteiger charge is -2.07. The molecule has 4 aromatic rings. The van der Waals surface area contributed by atoms with Crippen molar-refractivity contribution in [2.24, 2.45) is 0 Å². The molecule has 0 aliphatic rings. The van der Waals surface area contributed by atoms with Crippen molar-refractivity contribution in [3.05, 3.63) is 89.2 Å². The van der Waals surface area contributed by atoms with Crippen LogP contribution in [-0.4, -0.2) is 15.5 Å². The number of rotatable bonds is 6. The molecule has 140 valence electrons. The summed E-state index contributed by atoms with van der Waals surface area (Å²) in [7, 11) is 0. The summed E-state index contributed by atoms with van der Waals surface area (Å²) in [6.45, 7) is -0.104. The van der Waals surface area contributed by atoms with Crippen molar-refractivity contribution in [3.8, 4) is 0 Å². The quantitative estimate of drug-likeness (QED) is 0.504. The number of benzene rings is 2. The number of carbonyl (C=O) groups is 1. The van der Waals surface area contributed by atoms with Crippen LogP contribution in [0, 0.1) is 0 Å². The Balaban J connectivity index is 1.38. The Kier molecular flexibility index (Phi) is 5.25. The molecule has 2 heterocycles. The van der Waals surface area contributed by atoms with Crippen LogP contribution in [-0.2, 0) is 17.1 Å². The molecule has 0 bridgehead atoms. The van der Waals surface area contributed by atoms with Gasteiger partial charge in [0.1, 0.15) is 6.54 Å². The summed E-state index contributed by atoms with van der Waals surface area (Å²) in [5.74, 6) is -0.00124. The number of nitrogens with zero attached hydrogens (tertiary/aromatic N) is 2. The van der Waals surface area contributed by atoms with Gasteiger partial charge in [-0.1, -0.05) is 18.2 Å². The first-order chi connectivity index (χ1) is 13.7. The first-order valence-corrected chi connectivity index (χ1v) is 9.67. The van der Waals surface area contributed by atoms with E-state index in [0.29, 0.717) is 16.8 Å². The van der Waals surface area contributed by atoms with Gasteiger partial charge in [-0.05, 0) is 48.0 Å². The van der Waals surface area contributed by atoms with Gasteiger partial charge in [0, 0.05) is 28.7 Å². The van der Waals surface area contributed by atoms with Gasteiger partial charge in [0.2, 0.25) is 5.91 Å². The summed E-state index contributed by atoms with van der Waals surface area (Å²) >= 11 is 1.70. The topological polar surface area (TPSA) is 77.1 Å². The van der Waals surface area contributed by atoms with E-state index < -0.39 is 5.76 Å². The minimum absolute atomic E-state index is 0.104. The normalized spacial score (nSPS) is 10.9. The number of oxazole rings is 1. The van der Waals surface area contributed by atoms with E-state index in [4.69, 9.17) is 4.42 Å². The third-order valence-electron chi connectivity index (χ3n) is 4.14. The molecule has 1 N–H and O–H groups in total. The molecule has 0 aliphatic heterocycles. The molecule has 0 spiro atoms. The fraction of sp³-hybridized carbons (Fsp3) is 0.0952. The molecule has 28 heavy (non-hydrogen) atoms. The molecule has 0 fully saturated rings. The Labute approximate surface area is 165 Å². The third-order valence-corrected chi connectivity index (χ3v) is 5.22. The van der Waals surface area contributed by atoms with Gasteiger partial charge in [-0.15, -0.1) is 11.8 Å². The van der Waals surface area contributed by atoms with Crippen LogP contribution in [0.15, 0.2) is 87.2 Å². The SMILES string of the molecule is O=C(Cn1c(=O)oc2ccccc21)Nc1ccc(SCc2cccnc2)cc1. The molecule has 2 aromatic carbocycles. The lowest BCUT2D eigenvalue weighted by molar-refractivity contribution is -0.116. The van der Waals surface area contributed by atoms with E-state index >= 15 is 0 Å². The molecule has 0 aliphatic carbocycles. The standard InChI is InChI=1S/C21H17N3O3S/c25-20(13-24-18-5-1-2-6-19(18)27-21(24)26)23-16-7-9-17(10-8-16)28-14-15-4-3-11-22-12-15/h1-12H,13-14H2,(H,23,25). The molecule has 0 unspecified atom stereocenters. The Bertz CT molecular complexity index is 1150. The molecule has 0 atom stereocenters. The van der Waals surface area contributed by atoms with E-state index in [1.54, 1.807) is 42.2 Å². The molecular formula is C21H17N3O3S. The smallest absolute Gasteiger partial charge is 0.408 e. The van der Waals surface area contributed by atoms with Gasteiger partial charge in [-0.25, -0.2) is 4.79 Å². The van der Waals surface area contributed by atoms with E-state index in [1.165, 1.54) is 4.57 Å². The molecular weight excluding hydrogens is 374 g/mol. The number of para-hydroxylation sites is 2. The van der Waals surface area contributed by atoms with Crippen LogP contribution in [0.2, 0.25) is 0 Å². The molecule has 4 rings (SSSR count). The number of hydrogen-bond acceptors (Lipinski definition) is 5. The Morgan fingerprint density at radius 1 is 1.07 bits per heavy atom. The fourth-order valence-electron chi connectivity index (χ4n) is 2.79. The average molecular weight is 391 g/mol. The number of fused-ring (bicyclic) bond motifs is 1. The summed E-state index contributed by atoms with van der Waals surface area (Å²) in [5, 5.41) is 2.81. The fourth-order valence-corrected chi connectivity index (χ4v) is 3.63. The number of nitrogens with one attached hydrogen (secondary N) is 1. The van der Waals surface area contributed by atoms with Gasteiger partial charge < -0.3 is 9.73 Å². The summed E-state index contributed by atoms with van der Waals surface area (Å²) in [6.07, 6.45) is 3.61. The molecule has 7 heteroatoms. The molecule has 0 saturated heterocycles. The van der Waals surface area contributed by atoms with Crippen molar-refractivity contribution in [2.75, 3.05) is 5.32 Å². The Morgan fingerprint density at radius 2 is 1.89 bits per heavy atom. The number of anilines is 1. The van der Waals surface area contributed by atoms with Crippen molar-refractivity contribution in [3.63, 3.8) is 0 Å². The number of thioether (sulfide) groups is 1. The maximum Gasteiger partial charge on any atom is 0.420 e. The average Bonchev–Trinajstić information content (AvgIpc) is 3.03. The van der Waals surface area contributed by atoms with Crippen LogP contribution in [0.25, 0.3) is 11.1 Å². The number of amides is 1. The largest absolute Gasteiger partial charge is 0.420 e. The van der Waals surface area contributed by atoms with Gasteiger partial charge in [0.05, 0.1) is 5.52 Å². The van der Waals surface area contributed by atoms with Crippen LogP contribution in [0.1, 0.15) is 5.56 Å². The van der Waals surface area contributed by atoms with Crippen molar-refractivity contribution in [1.82, 2.24) is 9.55 Å². The predicted molar refractivity (Wildman–Crippen MR) is 109 cm³/mol. The maximum absolute atomic E-state index is 12.3. The molecule has 0 radical (unpaired) electrons. The highest BCUT2D eigenvalue weighted by molar-refractivity contribution is 7.98. The van der Waals surface area contributed by atoms with Gasteiger partial charge in [-0.3, -0.25) is 14.3 Å². The minimum atomic E-state index is -0.543. The first-order valence-electron chi connectivity index (χ1n) is 8.69. The van der Waals surface area contributed by atoms with Crippen LogP contribution in [0.5, 0.6) is 0 Å². The molecule has 1 amide bonds. The summed E-state index contributed by atoms with van der Waals surface area (Å²) in [5.41, 5.74) is 2.90. The van der Waals surface area contributed by atoms with Crippen LogP contribution >= 0.6 is 11.8 Å². The van der Waals surface area contributed by atoms with Crippen LogP contribution in [0.4, 0.5) is 5.69 Å². The van der Waals surface area contributed by atoms with Gasteiger partial charge >= 0.3 is 5.76 Å². The lowest BCUT2D eigenvalue weighted by Crippen LogP contribution is -2.24. The highest BCUT2D eigenvalue weighted by Gasteiger charge is 2.12. The van der Waals surface area contributed by atoms with Gasteiger partial charge in [-0.2, -0.15) is 0 Å². The third kappa shape index (κ3) is 4.15. The monoisotopic (exact) mass is 391 g/mol. The summed E-state index contributed by atoms with van der Waals surface area (Å²) in [6, 6.07) is 18.6. The Morgan fingerprint density at radius 3 is 2.68 bits per heavy atom. The zero-order chi connectivity index (χ0) is 19.3. The van der Waals surface area contributed by atoms with Crippen LogP contribution in [0.3, 0.4) is 0 Å². The summed E-state index contributed by atoms with van der Waals surface area (Å²) in [4.78, 5) is 29.5. The lowest BCUT2D eigenvalue weighted by atomic mass is 10.3. The second kappa shape index (κ2) is 8.14. The highest BCUT2D eigenvalue weighted by Crippen LogP contribution is 2.24. The number of carbonyl (C=O) groups excluding carboxylic acids is 1. The van der Waals surface area contributed by atoms with Crippen molar-refractivity contribution in [2.45, 2.75) is 17.2 Å². The zero-order valence-corrected chi connectivity index (χ0v) is 15.7. The van der Waals surface area contributed by atoms with E-state index in [2.05, 4.69) is 10.3 Å². The van der Waals surface area contributed by atoms with Gasteiger partial charge in [0.25, 0.3) is 0 Å². The predicted octanol–water partition coefficient (Wildman–Crippen LogP) is 3.92. The second-order valence-electron chi connectivity index (χ2n) is 6.14. The number of aromatic nitrogens is 2. The van der Waals surface area contributed by atoms with Crippen molar-refractivity contribution in [1.29, 1.82) is 0 Å². The maximum atomic E-state index is 12.3. The minimum Gasteiger partial charge on any atom is -0.408 e. The van der Waals surface area contributed by atoms with E-state index in [0.717, 1.165) is 16.2 Å². The Hall–Kier alpha value is -3.32. The zero-order valence-electron chi connectivity index (χ0n) is 14.9. The van der Waals surface area contributed by atoms with E-state index in [-0.39, 0.29) is 12.5 Å². The van der Waals surface area contributed by atoms with Crippen molar-refractivity contribution >= 4 is 34.5 Å². The molecule has 6 nitrogen and oxygen atoms in total. The molecule has 2 aromatic heterocycles.